The van der Waals surface area contributed by atoms with Crippen molar-refractivity contribution in [3.8, 4) is 0 Å². The first kappa shape index (κ1) is 33.9. The Kier molecular flexibility index (Phi) is 16.0. The highest BCUT2D eigenvalue weighted by Crippen LogP contribution is 2.21. The molecule has 0 bridgehead atoms. The van der Waals surface area contributed by atoms with Gasteiger partial charge in [-0.25, -0.2) is 8.42 Å². The maximum Gasteiger partial charge on any atom is 0.485 e. The van der Waals surface area contributed by atoms with Crippen molar-refractivity contribution in [3.05, 3.63) is 66.8 Å². The smallest absolute Gasteiger partial charge is 0.485 e. The van der Waals surface area contributed by atoms with Crippen molar-refractivity contribution in [2.45, 2.75) is 97.4 Å². The minimum Gasteiger partial charge on any atom is -0.741 e. The molecule has 0 radical (unpaired) electrons. The third-order valence-corrected chi connectivity index (χ3v) is 9.71. The second kappa shape index (κ2) is 17.5. The maximum atomic E-state index is 10.7. The van der Waals surface area contributed by atoms with E-state index in [1.807, 2.05) is 0 Å². The summed E-state index contributed by atoms with van der Waals surface area (Å²) < 4.78 is 62.0. The second-order valence-electron chi connectivity index (χ2n) is 9.49. The lowest BCUT2D eigenvalue weighted by molar-refractivity contribution is -0.597. The molecule has 0 aliphatic heterocycles. The highest BCUT2D eigenvalue weighted by Gasteiger charge is 2.36. The fraction of sp³-hybridized carbons (Fsp3) is 0.586. The van der Waals surface area contributed by atoms with E-state index in [0.29, 0.717) is 0 Å². The van der Waals surface area contributed by atoms with E-state index in [2.05, 4.69) is 76.2 Å². The molecule has 2 aromatic carbocycles. The Morgan fingerprint density at radius 2 is 1.05 bits per heavy atom. The fourth-order valence-corrected chi connectivity index (χ4v) is 6.20. The van der Waals surface area contributed by atoms with Gasteiger partial charge in [0.25, 0.3) is 0 Å². The number of unbranched alkanes of at least 4 members (excludes halogenated alkanes) is 2. The van der Waals surface area contributed by atoms with Gasteiger partial charge >= 0.3 is 26.7 Å². The minimum absolute atomic E-state index is 0.0662. The van der Waals surface area contributed by atoms with Crippen LogP contribution in [0.25, 0.3) is 0 Å². The molecule has 0 amide bonds. The van der Waals surface area contributed by atoms with Crippen LogP contribution in [0.1, 0.15) is 90.2 Å². The van der Waals surface area contributed by atoms with Crippen molar-refractivity contribution in [1.29, 1.82) is 0 Å². The lowest BCUT2D eigenvalue weighted by Gasteiger charge is -2.14. The lowest BCUT2D eigenvalue weighted by atomic mass is 9.92. The third-order valence-electron chi connectivity index (χ3n) is 6.46. The zero-order chi connectivity index (χ0) is 27.9. The highest BCUT2D eigenvalue weighted by molar-refractivity contribution is 7.86. The summed E-state index contributed by atoms with van der Waals surface area (Å²) in [5, 5.41) is 0. The van der Waals surface area contributed by atoms with Crippen LogP contribution in [-0.4, -0.2) is 18.5 Å². The molecule has 2 atom stereocenters. The van der Waals surface area contributed by atoms with Crippen molar-refractivity contribution < 1.29 is 47.3 Å². The summed E-state index contributed by atoms with van der Waals surface area (Å²) in [4.78, 5) is 0. The summed E-state index contributed by atoms with van der Waals surface area (Å²) in [6.45, 7) is 9.28. The molecule has 0 heterocycles. The molecule has 0 N–H and O–H groups in total. The van der Waals surface area contributed by atoms with Crippen LogP contribution in [0.2, 0.25) is 0 Å². The minimum atomic E-state index is -6.09. The van der Waals surface area contributed by atoms with Gasteiger partial charge in [-0.15, -0.1) is 0 Å². The Morgan fingerprint density at radius 1 is 0.730 bits per heavy atom. The second-order valence-corrected chi connectivity index (χ2v) is 13.9. The lowest BCUT2D eigenvalue weighted by Crippen LogP contribution is -3.61. The number of rotatable bonds is 14. The molecule has 0 saturated carbocycles. The van der Waals surface area contributed by atoms with Gasteiger partial charge in [0.15, 0.2) is 17.3 Å². The Labute approximate surface area is 232 Å². The van der Waals surface area contributed by atoms with E-state index >= 15 is 0 Å². The molecule has 0 aliphatic rings. The molecule has 3 nitrogen and oxygen atoms in total. The molecule has 37 heavy (non-hydrogen) atoms. The van der Waals surface area contributed by atoms with Crippen LogP contribution >= 0.6 is 0 Å². The van der Waals surface area contributed by atoms with Gasteiger partial charge in [-0.3, -0.25) is 0 Å². The number of benzene rings is 2. The normalized spacial score (nSPS) is 13.5. The summed E-state index contributed by atoms with van der Waals surface area (Å²) in [5.74, 6) is 1.71. The van der Waals surface area contributed by atoms with Crippen molar-refractivity contribution in [2.24, 2.45) is 11.8 Å². The van der Waals surface area contributed by atoms with Crippen molar-refractivity contribution in [3.63, 3.8) is 0 Å². The van der Waals surface area contributed by atoms with Gasteiger partial charge in [0.2, 0.25) is 0 Å². The topological polar surface area (TPSA) is 57.2 Å². The molecular weight excluding hydrogens is 612 g/mol. The van der Waals surface area contributed by atoms with Crippen LogP contribution in [0, 0.1) is 19.0 Å². The van der Waals surface area contributed by atoms with Gasteiger partial charge in [-0.05, 0) is 60.1 Å². The van der Waals surface area contributed by atoms with E-state index < -0.39 is 15.6 Å². The van der Waals surface area contributed by atoms with Crippen LogP contribution in [0.3, 0.4) is 0 Å². The quantitative estimate of drug-likeness (QED) is 0.156. The van der Waals surface area contributed by atoms with Crippen molar-refractivity contribution in [1.82, 2.24) is 0 Å². The average molecular weight is 655 g/mol. The first-order valence-electron chi connectivity index (χ1n) is 13.3. The van der Waals surface area contributed by atoms with E-state index in [9.17, 15) is 13.2 Å². The summed E-state index contributed by atoms with van der Waals surface area (Å²) in [5.41, 5.74) is -2.60. The zero-order valence-electron chi connectivity index (χ0n) is 22.5. The van der Waals surface area contributed by atoms with Gasteiger partial charge in [0.05, 0.1) is 0 Å². The van der Waals surface area contributed by atoms with E-state index in [0.717, 1.165) is 11.8 Å². The Bertz CT molecular complexity index is 915. The number of hydrogen-bond donors (Lipinski definition) is 0. The van der Waals surface area contributed by atoms with Gasteiger partial charge in [-0.1, -0.05) is 103 Å². The van der Waals surface area contributed by atoms with E-state index in [1.165, 1.54) is 82.5 Å². The monoisotopic (exact) mass is 654 g/mol. The first-order chi connectivity index (χ1) is 17.4. The van der Waals surface area contributed by atoms with Crippen LogP contribution in [0.5, 0.6) is 0 Å². The van der Waals surface area contributed by atoms with E-state index in [4.69, 9.17) is 13.0 Å². The summed E-state index contributed by atoms with van der Waals surface area (Å²) in [7, 11) is -6.09. The first-order valence-corrected chi connectivity index (χ1v) is 16.8. The molecule has 0 fully saturated rings. The van der Waals surface area contributed by atoms with Crippen LogP contribution in [0.4, 0.5) is 13.2 Å². The Morgan fingerprint density at radius 3 is 1.30 bits per heavy atom. The molecule has 8 heteroatoms. The Hall–Kier alpha value is -1.13. The van der Waals surface area contributed by atoms with Crippen LogP contribution in [-0.2, 0) is 23.0 Å². The molecule has 0 aliphatic carbocycles. The van der Waals surface area contributed by atoms with Crippen molar-refractivity contribution in [2.75, 3.05) is 0 Å². The van der Waals surface area contributed by atoms with Gasteiger partial charge < -0.3 is 4.55 Å². The van der Waals surface area contributed by atoms with Gasteiger partial charge in [0.1, 0.15) is 0 Å². The molecule has 0 saturated heterocycles. The number of alkyl halides is 3. The molecule has 0 aromatic heterocycles. The molecule has 210 valence electrons. The standard InChI is InChI=1S/C28H42I.CHF3O3S/c1-5-9-11-23(7-3)21-25-13-17-27(18-14-25)29-28-19-15-26(16-20-28)22-24(8-4)12-10-6-2;2-1(3,4)8(5,6)7/h13-20,23-24H,5-12,21-22H2,1-4H3;(H,5,6,7)/q+1;/p-1. The van der Waals surface area contributed by atoms with Gasteiger partial charge in [-0.2, -0.15) is 13.2 Å². The molecular formula is C29H42F3IO3S. The van der Waals surface area contributed by atoms with Crippen molar-refractivity contribution >= 4 is 10.1 Å². The molecule has 2 unspecified atom stereocenters. The fourth-order valence-electron chi connectivity index (χ4n) is 4.05. The number of hydrogen-bond acceptors (Lipinski definition) is 3. The maximum absolute atomic E-state index is 10.7. The summed E-state index contributed by atoms with van der Waals surface area (Å²) >= 11 is -0.0662. The third kappa shape index (κ3) is 14.0. The highest BCUT2D eigenvalue weighted by atomic mass is 127. The van der Waals surface area contributed by atoms with Crippen LogP contribution < -0.4 is 21.2 Å². The van der Waals surface area contributed by atoms with E-state index in [1.54, 1.807) is 0 Å². The van der Waals surface area contributed by atoms with Gasteiger partial charge in [0, 0.05) is 0 Å². The molecule has 2 rings (SSSR count). The largest absolute Gasteiger partial charge is 0.741 e. The average Bonchev–Trinajstić information content (AvgIpc) is 2.85. The predicted molar refractivity (Wildman–Crippen MR) is 140 cm³/mol. The summed E-state index contributed by atoms with van der Waals surface area (Å²) in [6.07, 6.45) is 13.2. The predicted octanol–water partition coefficient (Wildman–Crippen LogP) is 5.38. The molecule has 2 aromatic rings. The molecule has 0 spiro atoms. The Balaban J connectivity index is 0.000000738. The SMILES string of the molecule is CCCCC(CC)Cc1ccc([I+]c2ccc(CC(CC)CCCC)cc2)cc1.O=S(=O)([O-])C(F)(F)F. The van der Waals surface area contributed by atoms with E-state index in [-0.39, 0.29) is 21.2 Å². The number of halogens is 4. The summed E-state index contributed by atoms with van der Waals surface area (Å²) in [6, 6.07) is 19.1. The van der Waals surface area contributed by atoms with Crippen LogP contribution in [0.15, 0.2) is 48.5 Å². The zero-order valence-corrected chi connectivity index (χ0v) is 25.5.